The van der Waals surface area contributed by atoms with E-state index in [1.54, 1.807) is 48.6 Å². The monoisotopic (exact) mass is 373 g/mol. The Morgan fingerprint density at radius 3 is 1.58 bits per heavy atom. The van der Waals surface area contributed by atoms with Crippen LogP contribution in [0.1, 0.15) is 27.7 Å². The minimum Gasteiger partial charge on any atom is -0.289 e. The second-order valence-corrected chi connectivity index (χ2v) is 4.50. The van der Waals surface area contributed by atoms with Crippen molar-refractivity contribution in [2.24, 2.45) is 0 Å². The highest BCUT2D eigenvalue weighted by Crippen LogP contribution is 2.11. The number of carbonyl (C=O) groups is 2. The van der Waals surface area contributed by atoms with Crippen molar-refractivity contribution in [3.63, 3.8) is 0 Å². The molecule has 1 N–H and O–H groups in total. The molecule has 0 aliphatic heterocycles. The van der Waals surface area contributed by atoms with Gasteiger partial charge in [0.05, 0.1) is 0 Å². The Kier molecular flexibility index (Phi) is 24.3. The number of hydrogen-bond donors (Lipinski definition) is 1. The summed E-state index contributed by atoms with van der Waals surface area (Å²) in [5, 5.41) is -0.308. The van der Waals surface area contributed by atoms with E-state index in [9.17, 15) is 9.59 Å². The molecule has 0 saturated carbocycles. The van der Waals surface area contributed by atoms with Crippen molar-refractivity contribution in [2.45, 2.75) is 27.7 Å². The standard InChI is InChI=1S/C18H19NO2S.2C2H6/c1-5-9-13-15(11-7-3)17(20)19-22-18(21)16(12-8-4)14-10-6-2;2*1-2/h5-14H,1-4H2,(H,19,20);2*1-2H3/b13-9-,14-10-,15-11+,16-12+;;. The molecule has 142 valence electrons. The average molecular weight is 374 g/mol. The van der Waals surface area contributed by atoms with Crippen molar-refractivity contribution in [3.05, 3.63) is 98.2 Å². The van der Waals surface area contributed by atoms with Gasteiger partial charge in [-0.3, -0.25) is 14.3 Å². The Morgan fingerprint density at radius 1 is 0.731 bits per heavy atom. The van der Waals surface area contributed by atoms with Crippen molar-refractivity contribution in [2.75, 3.05) is 0 Å². The van der Waals surface area contributed by atoms with Crippen LogP contribution in [0, 0.1) is 0 Å². The zero-order valence-electron chi connectivity index (χ0n) is 16.3. The quantitative estimate of drug-likeness (QED) is 0.320. The van der Waals surface area contributed by atoms with E-state index in [2.05, 4.69) is 31.0 Å². The van der Waals surface area contributed by atoms with Gasteiger partial charge in [-0.15, -0.1) is 0 Å². The van der Waals surface area contributed by atoms with Crippen LogP contribution in [0.15, 0.2) is 98.2 Å². The molecule has 1 amide bonds. The van der Waals surface area contributed by atoms with Crippen molar-refractivity contribution in [1.29, 1.82) is 0 Å². The highest BCUT2D eigenvalue weighted by Gasteiger charge is 2.11. The highest BCUT2D eigenvalue weighted by molar-refractivity contribution is 8.12. The molecule has 0 aromatic carbocycles. The van der Waals surface area contributed by atoms with E-state index in [4.69, 9.17) is 0 Å². The Morgan fingerprint density at radius 2 is 1.15 bits per heavy atom. The van der Waals surface area contributed by atoms with Crippen LogP contribution in [-0.4, -0.2) is 11.0 Å². The molecule has 0 saturated heterocycles. The van der Waals surface area contributed by atoms with Gasteiger partial charge in [0.25, 0.3) is 5.91 Å². The van der Waals surface area contributed by atoms with E-state index in [1.165, 1.54) is 12.2 Å². The number of nitrogens with one attached hydrogen (secondary N) is 1. The second-order valence-electron chi connectivity index (χ2n) is 3.73. The highest BCUT2D eigenvalue weighted by atomic mass is 32.2. The molecular weight excluding hydrogens is 342 g/mol. The third kappa shape index (κ3) is 15.0. The van der Waals surface area contributed by atoms with E-state index in [0.717, 1.165) is 0 Å². The first-order chi connectivity index (χ1) is 12.6. The lowest BCUT2D eigenvalue weighted by atomic mass is 10.2. The largest absolute Gasteiger partial charge is 0.289 e. The zero-order valence-corrected chi connectivity index (χ0v) is 17.1. The Labute approximate surface area is 163 Å². The van der Waals surface area contributed by atoms with Gasteiger partial charge in [0.2, 0.25) is 5.12 Å². The van der Waals surface area contributed by atoms with E-state index in [0.29, 0.717) is 23.1 Å². The lowest BCUT2D eigenvalue weighted by molar-refractivity contribution is -0.115. The second kappa shape index (κ2) is 22.4. The van der Waals surface area contributed by atoms with Crippen LogP contribution in [0.3, 0.4) is 0 Å². The fraction of sp³-hybridized carbons (Fsp3) is 0.182. The SMILES string of the molecule is C=C/C=C\C(=C/C=C)C(=O)NSC(=O)C(/C=C\C=C)=C/C=C.CC.CC. The molecule has 0 spiro atoms. The Bertz CT molecular complexity index is 527. The van der Waals surface area contributed by atoms with Crippen molar-refractivity contribution >= 4 is 23.0 Å². The topological polar surface area (TPSA) is 46.2 Å². The molecule has 0 bridgehead atoms. The molecule has 0 aliphatic rings. The van der Waals surface area contributed by atoms with Gasteiger partial charge in [-0.25, -0.2) is 0 Å². The predicted octanol–water partition coefficient (Wildman–Crippen LogP) is 6.04. The summed E-state index contributed by atoms with van der Waals surface area (Å²) in [6.07, 6.45) is 15.6. The van der Waals surface area contributed by atoms with Gasteiger partial charge in [0.1, 0.15) is 0 Å². The molecule has 3 nitrogen and oxygen atoms in total. The molecule has 4 heteroatoms. The van der Waals surface area contributed by atoms with Gasteiger partial charge in [0.15, 0.2) is 0 Å². The van der Waals surface area contributed by atoms with Crippen LogP contribution < -0.4 is 4.72 Å². The number of rotatable bonds is 8. The van der Waals surface area contributed by atoms with Gasteiger partial charge in [-0.05, 0) is 6.08 Å². The number of allylic oxidation sites excluding steroid dienone is 9. The molecule has 0 aromatic heterocycles. The Balaban J connectivity index is -0.00000123. The maximum Gasteiger partial charge on any atom is 0.261 e. The molecule has 0 radical (unpaired) electrons. The van der Waals surface area contributed by atoms with E-state index in [-0.39, 0.29) is 5.12 Å². The summed E-state index contributed by atoms with van der Waals surface area (Å²) >= 11 is 0.696. The molecule has 26 heavy (non-hydrogen) atoms. The van der Waals surface area contributed by atoms with Gasteiger partial charge in [0, 0.05) is 23.1 Å². The Hall–Kier alpha value is -2.59. The smallest absolute Gasteiger partial charge is 0.261 e. The van der Waals surface area contributed by atoms with Crippen LogP contribution >= 0.6 is 11.9 Å². The molecule has 0 aromatic rings. The zero-order chi connectivity index (χ0) is 20.8. The average Bonchev–Trinajstić information content (AvgIpc) is 2.69. The molecular formula is C22H31NO2S. The van der Waals surface area contributed by atoms with Crippen LogP contribution in [0.4, 0.5) is 0 Å². The third-order valence-electron chi connectivity index (χ3n) is 2.15. The van der Waals surface area contributed by atoms with Crippen molar-refractivity contribution in [3.8, 4) is 0 Å². The van der Waals surface area contributed by atoms with Gasteiger partial charge < -0.3 is 0 Å². The van der Waals surface area contributed by atoms with E-state index < -0.39 is 5.91 Å². The summed E-state index contributed by atoms with van der Waals surface area (Å²) < 4.78 is 2.48. The van der Waals surface area contributed by atoms with Crippen molar-refractivity contribution in [1.82, 2.24) is 4.72 Å². The summed E-state index contributed by atoms with van der Waals surface area (Å²) in [7, 11) is 0. The minimum absolute atomic E-state index is 0.308. The van der Waals surface area contributed by atoms with Crippen LogP contribution in [0.25, 0.3) is 0 Å². The van der Waals surface area contributed by atoms with Gasteiger partial charge in [-0.1, -0.05) is 109 Å². The van der Waals surface area contributed by atoms with Crippen LogP contribution in [0.5, 0.6) is 0 Å². The first-order valence-electron chi connectivity index (χ1n) is 8.35. The van der Waals surface area contributed by atoms with Crippen LogP contribution in [0.2, 0.25) is 0 Å². The van der Waals surface area contributed by atoms with Crippen molar-refractivity contribution < 1.29 is 9.59 Å². The molecule has 0 aliphatic carbocycles. The normalized spacial score (nSPS) is 10.8. The summed E-state index contributed by atoms with van der Waals surface area (Å²) in [5.41, 5.74) is 0.766. The molecule has 0 heterocycles. The molecule has 0 rings (SSSR count). The summed E-state index contributed by atoms with van der Waals surface area (Å²) in [6.45, 7) is 22.2. The fourth-order valence-corrected chi connectivity index (χ4v) is 1.76. The summed E-state index contributed by atoms with van der Waals surface area (Å²) in [6, 6.07) is 0. The number of amides is 1. The molecule has 0 unspecified atom stereocenters. The van der Waals surface area contributed by atoms with E-state index in [1.807, 2.05) is 27.7 Å². The molecule has 0 fully saturated rings. The predicted molar refractivity (Wildman–Crippen MR) is 119 cm³/mol. The summed E-state index contributed by atoms with van der Waals surface area (Å²) in [4.78, 5) is 24.0. The van der Waals surface area contributed by atoms with Gasteiger partial charge >= 0.3 is 0 Å². The number of hydrogen-bond acceptors (Lipinski definition) is 3. The fourth-order valence-electron chi connectivity index (χ4n) is 1.21. The maximum atomic E-state index is 12.0. The number of carbonyl (C=O) groups excluding carboxylic acids is 2. The maximum absolute atomic E-state index is 12.0. The third-order valence-corrected chi connectivity index (χ3v) is 2.86. The molecule has 0 atom stereocenters. The lowest BCUT2D eigenvalue weighted by Gasteiger charge is -2.04. The summed E-state index contributed by atoms with van der Waals surface area (Å²) in [5.74, 6) is -0.401. The van der Waals surface area contributed by atoms with Gasteiger partial charge in [-0.2, -0.15) is 0 Å². The van der Waals surface area contributed by atoms with E-state index >= 15 is 0 Å². The lowest BCUT2D eigenvalue weighted by Crippen LogP contribution is -2.19. The first kappa shape index (κ1) is 28.2. The van der Waals surface area contributed by atoms with Crippen LogP contribution in [-0.2, 0) is 9.59 Å². The minimum atomic E-state index is -0.401. The first-order valence-corrected chi connectivity index (χ1v) is 9.17.